The number of allylic oxidation sites excluding steroid dienone is 6. The Bertz CT molecular complexity index is 1100. The molecule has 0 heterocycles. The zero-order valence-electron chi connectivity index (χ0n) is 22.1. The van der Waals surface area contributed by atoms with E-state index in [-0.39, 0.29) is 18.2 Å². The Morgan fingerprint density at radius 2 is 1.97 bits per heavy atom. The second kappa shape index (κ2) is 10.4. The van der Waals surface area contributed by atoms with Gasteiger partial charge in [-0.15, -0.1) is 0 Å². The lowest BCUT2D eigenvalue weighted by Gasteiger charge is -2.38. The van der Waals surface area contributed by atoms with Crippen molar-refractivity contribution < 1.29 is 9.53 Å². The molecule has 3 aliphatic carbocycles. The number of carbonyl (C=O) groups is 1. The van der Waals surface area contributed by atoms with E-state index in [0.29, 0.717) is 11.8 Å². The number of benzene rings is 1. The van der Waals surface area contributed by atoms with Gasteiger partial charge in [-0.3, -0.25) is 9.89 Å². The Labute approximate surface area is 211 Å². The Morgan fingerprint density at radius 3 is 2.71 bits per heavy atom. The number of amides is 1. The minimum absolute atomic E-state index is 0.0559. The number of fused-ring (bicyclic) bond motifs is 1. The van der Waals surface area contributed by atoms with Crippen LogP contribution in [0.25, 0.3) is 0 Å². The number of carbonyl (C=O) groups excluding carboxylic acids is 1. The monoisotopic (exact) mass is 472 g/mol. The van der Waals surface area contributed by atoms with E-state index in [4.69, 9.17) is 4.74 Å². The molecule has 3 aliphatic rings. The SMILES string of the molecule is CN=C(C)c1cccc([C@@H]2CC[C@H](N(C(=O)OC(C)(C)C)[C@H](C)C3=C4C=CC=CC4CC=C3)C2)c1. The highest BCUT2D eigenvalue weighted by atomic mass is 16.6. The number of nitrogens with zero attached hydrogens (tertiary/aromatic N) is 2. The molecule has 35 heavy (non-hydrogen) atoms. The van der Waals surface area contributed by atoms with Gasteiger partial charge in [0, 0.05) is 24.7 Å². The Hall–Kier alpha value is -2.88. The van der Waals surface area contributed by atoms with Crippen LogP contribution in [0.1, 0.15) is 77.3 Å². The molecular weight excluding hydrogens is 432 g/mol. The van der Waals surface area contributed by atoms with Crippen molar-refractivity contribution in [2.75, 3.05) is 7.05 Å². The molecule has 0 spiro atoms. The zero-order chi connectivity index (χ0) is 25.2. The summed E-state index contributed by atoms with van der Waals surface area (Å²) in [6, 6.07) is 8.83. The molecule has 4 rings (SSSR count). The summed E-state index contributed by atoms with van der Waals surface area (Å²) in [7, 11) is 1.84. The van der Waals surface area contributed by atoms with E-state index in [1.165, 1.54) is 22.3 Å². The number of hydrogen-bond donors (Lipinski definition) is 0. The van der Waals surface area contributed by atoms with Gasteiger partial charge in [0.25, 0.3) is 0 Å². The molecule has 0 aliphatic heterocycles. The first-order valence-electron chi connectivity index (χ1n) is 13.0. The van der Waals surface area contributed by atoms with Crippen LogP contribution in [-0.2, 0) is 4.74 Å². The third kappa shape index (κ3) is 5.69. The van der Waals surface area contributed by atoms with Crippen molar-refractivity contribution in [2.45, 2.75) is 83.9 Å². The zero-order valence-corrected chi connectivity index (χ0v) is 22.1. The first-order chi connectivity index (χ1) is 16.7. The van der Waals surface area contributed by atoms with Crippen LogP contribution in [0.5, 0.6) is 0 Å². The van der Waals surface area contributed by atoms with Crippen molar-refractivity contribution in [3.8, 4) is 0 Å². The molecule has 186 valence electrons. The number of aliphatic imine (C=N–C) groups is 1. The van der Waals surface area contributed by atoms with E-state index in [1.807, 2.05) is 32.7 Å². The second-order valence-corrected chi connectivity index (χ2v) is 11.1. The summed E-state index contributed by atoms with van der Waals surface area (Å²) < 4.78 is 5.96. The molecule has 4 atom stereocenters. The van der Waals surface area contributed by atoms with Crippen LogP contribution >= 0.6 is 0 Å². The molecule has 0 radical (unpaired) electrons. The third-order valence-corrected chi connectivity index (χ3v) is 7.53. The van der Waals surface area contributed by atoms with Gasteiger partial charge < -0.3 is 4.74 Å². The predicted molar refractivity (Wildman–Crippen MR) is 145 cm³/mol. The molecular formula is C31H40N2O2. The van der Waals surface area contributed by atoms with Crippen molar-refractivity contribution in [3.05, 3.63) is 83.0 Å². The molecule has 4 heteroatoms. The highest BCUT2D eigenvalue weighted by molar-refractivity contribution is 5.98. The first kappa shape index (κ1) is 25.2. The highest BCUT2D eigenvalue weighted by Crippen LogP contribution is 2.41. The Morgan fingerprint density at radius 1 is 1.17 bits per heavy atom. The van der Waals surface area contributed by atoms with E-state index in [9.17, 15) is 4.79 Å². The average molecular weight is 473 g/mol. The molecule has 0 aromatic heterocycles. The van der Waals surface area contributed by atoms with Crippen molar-refractivity contribution >= 4 is 11.8 Å². The molecule has 1 aromatic rings. The van der Waals surface area contributed by atoms with Gasteiger partial charge in [-0.1, -0.05) is 54.7 Å². The fourth-order valence-corrected chi connectivity index (χ4v) is 5.67. The summed E-state index contributed by atoms with van der Waals surface area (Å²) in [4.78, 5) is 20.0. The van der Waals surface area contributed by atoms with E-state index in [2.05, 4.69) is 79.6 Å². The molecule has 4 nitrogen and oxygen atoms in total. The van der Waals surface area contributed by atoms with Crippen molar-refractivity contribution in [1.82, 2.24) is 4.90 Å². The molecule has 1 unspecified atom stereocenters. The summed E-state index contributed by atoms with van der Waals surface area (Å²) in [6.45, 7) is 10.1. The highest BCUT2D eigenvalue weighted by Gasteiger charge is 2.39. The maximum Gasteiger partial charge on any atom is 0.411 e. The maximum absolute atomic E-state index is 13.6. The first-order valence-corrected chi connectivity index (χ1v) is 13.0. The molecule has 1 fully saturated rings. The van der Waals surface area contributed by atoms with E-state index in [0.717, 1.165) is 31.4 Å². The van der Waals surface area contributed by atoms with Gasteiger partial charge in [-0.05, 0) is 94.6 Å². The van der Waals surface area contributed by atoms with Crippen LogP contribution in [0.3, 0.4) is 0 Å². The van der Waals surface area contributed by atoms with Crippen LogP contribution in [-0.4, -0.2) is 41.4 Å². The standard InChI is InChI=1S/C31H40N2O2/c1-21(32-6)24-13-9-14-25(19-24)26-17-18-27(20-26)33(30(34)35-31(3,4)5)22(2)28-16-10-12-23-11-7-8-15-29(23)28/h7-11,13-16,19,22-23,26-27H,12,17-18,20H2,1-6H3/t22-,23?,26-,27+/m1/s1. The number of ether oxygens (including phenoxy) is 1. The fourth-order valence-electron chi connectivity index (χ4n) is 5.67. The van der Waals surface area contributed by atoms with Crippen molar-refractivity contribution in [3.63, 3.8) is 0 Å². The van der Waals surface area contributed by atoms with Gasteiger partial charge >= 0.3 is 6.09 Å². The van der Waals surface area contributed by atoms with Gasteiger partial charge in [0.2, 0.25) is 0 Å². The molecule has 0 bridgehead atoms. The van der Waals surface area contributed by atoms with Gasteiger partial charge in [-0.25, -0.2) is 4.79 Å². The van der Waals surface area contributed by atoms with E-state index in [1.54, 1.807) is 0 Å². The third-order valence-electron chi connectivity index (χ3n) is 7.53. The van der Waals surface area contributed by atoms with E-state index >= 15 is 0 Å². The Balaban J connectivity index is 1.62. The Kier molecular flexibility index (Phi) is 7.49. The quantitative estimate of drug-likeness (QED) is 0.419. The van der Waals surface area contributed by atoms with Crippen LogP contribution < -0.4 is 0 Å². The molecule has 1 amide bonds. The minimum Gasteiger partial charge on any atom is -0.444 e. The van der Waals surface area contributed by atoms with Crippen molar-refractivity contribution in [2.24, 2.45) is 10.9 Å². The maximum atomic E-state index is 13.6. The topological polar surface area (TPSA) is 41.9 Å². The largest absolute Gasteiger partial charge is 0.444 e. The average Bonchev–Trinajstić information content (AvgIpc) is 3.31. The van der Waals surface area contributed by atoms with Crippen LogP contribution in [0.15, 0.2) is 76.9 Å². The summed E-state index contributed by atoms with van der Waals surface area (Å²) in [5.41, 5.74) is 5.58. The summed E-state index contributed by atoms with van der Waals surface area (Å²) in [5, 5.41) is 0. The molecule has 1 saturated carbocycles. The fraction of sp³-hybridized carbons (Fsp3) is 0.484. The predicted octanol–water partition coefficient (Wildman–Crippen LogP) is 7.39. The van der Waals surface area contributed by atoms with Crippen LogP contribution in [0.4, 0.5) is 4.79 Å². The van der Waals surface area contributed by atoms with Crippen LogP contribution in [0.2, 0.25) is 0 Å². The lowest BCUT2D eigenvalue weighted by atomic mass is 9.81. The minimum atomic E-state index is -0.533. The van der Waals surface area contributed by atoms with Crippen LogP contribution in [0, 0.1) is 5.92 Å². The smallest absolute Gasteiger partial charge is 0.411 e. The number of rotatable bonds is 5. The molecule has 0 N–H and O–H groups in total. The summed E-state index contributed by atoms with van der Waals surface area (Å²) in [6.07, 6.45) is 17.0. The van der Waals surface area contributed by atoms with Crippen molar-refractivity contribution in [1.29, 1.82) is 0 Å². The van der Waals surface area contributed by atoms with Gasteiger partial charge in [0.15, 0.2) is 0 Å². The number of hydrogen-bond acceptors (Lipinski definition) is 3. The lowest BCUT2D eigenvalue weighted by molar-refractivity contribution is 0.0108. The lowest BCUT2D eigenvalue weighted by Crippen LogP contribution is -2.48. The molecule has 1 aromatic carbocycles. The van der Waals surface area contributed by atoms with Gasteiger partial charge in [0.1, 0.15) is 5.60 Å². The van der Waals surface area contributed by atoms with Gasteiger partial charge in [0.05, 0.1) is 6.04 Å². The second-order valence-electron chi connectivity index (χ2n) is 11.1. The summed E-state index contributed by atoms with van der Waals surface area (Å²) >= 11 is 0. The van der Waals surface area contributed by atoms with Gasteiger partial charge in [-0.2, -0.15) is 0 Å². The van der Waals surface area contributed by atoms with E-state index < -0.39 is 5.60 Å². The summed E-state index contributed by atoms with van der Waals surface area (Å²) in [5.74, 6) is 0.817. The normalized spacial score (nSPS) is 25.0. The molecule has 0 saturated heterocycles.